The highest BCUT2D eigenvalue weighted by Crippen LogP contribution is 2.11. The summed E-state index contributed by atoms with van der Waals surface area (Å²) in [5.41, 5.74) is 0.758. The molecule has 2 N–H and O–H groups in total. The van der Waals surface area contributed by atoms with Gasteiger partial charge < -0.3 is 10.1 Å². The number of carbonyl (C=O) groups is 1. The van der Waals surface area contributed by atoms with Gasteiger partial charge in [0, 0.05) is 4.47 Å². The van der Waals surface area contributed by atoms with E-state index < -0.39 is 0 Å². The van der Waals surface area contributed by atoms with E-state index in [1.807, 2.05) is 12.1 Å². The fraction of sp³-hybridized carbons (Fsp3) is 0.462. The van der Waals surface area contributed by atoms with Crippen LogP contribution in [0, 0.1) is 0 Å². The second-order valence-corrected chi connectivity index (χ2v) is 5.92. The van der Waals surface area contributed by atoms with Crippen LogP contribution < -0.4 is 5.32 Å². The second-order valence-electron chi connectivity index (χ2n) is 5.00. The van der Waals surface area contributed by atoms with Gasteiger partial charge in [0.1, 0.15) is 13.2 Å². The van der Waals surface area contributed by atoms with E-state index in [9.17, 15) is 4.79 Å². The maximum Gasteiger partial charge on any atom is 0.338 e. The third-order valence-electron chi connectivity index (χ3n) is 2.19. The Balaban J connectivity index is 2.33. The lowest BCUT2D eigenvalue weighted by Gasteiger charge is -2.16. The molecule has 0 spiro atoms. The van der Waals surface area contributed by atoms with E-state index in [0.29, 0.717) is 12.2 Å². The molecule has 3 nitrogen and oxygen atoms in total. The van der Waals surface area contributed by atoms with Gasteiger partial charge in [0.15, 0.2) is 0 Å². The zero-order chi connectivity index (χ0) is 12.9. The number of rotatable bonds is 4. The number of carbonyl (C=O) groups excluding carboxylic acids is 1. The first-order valence-electron chi connectivity index (χ1n) is 5.65. The molecule has 0 aliphatic rings. The Hall–Kier alpha value is -0.870. The molecule has 1 rings (SSSR count). The molecule has 0 saturated heterocycles. The number of ether oxygens (including phenoxy) is 1. The van der Waals surface area contributed by atoms with E-state index in [0.717, 1.165) is 11.0 Å². The summed E-state index contributed by atoms with van der Waals surface area (Å²) in [7, 11) is 0. The lowest BCUT2D eigenvalue weighted by molar-refractivity contribution is -0.717. The van der Waals surface area contributed by atoms with Crippen molar-refractivity contribution in [2.24, 2.45) is 0 Å². The van der Waals surface area contributed by atoms with Crippen LogP contribution in [0.2, 0.25) is 0 Å². The molecule has 0 atom stereocenters. The molecular formula is C13H19BrNO2+. The van der Waals surface area contributed by atoms with Crippen LogP contribution in [-0.2, 0) is 4.74 Å². The minimum absolute atomic E-state index is 0.171. The number of hydrogen-bond acceptors (Lipinski definition) is 2. The summed E-state index contributed by atoms with van der Waals surface area (Å²) < 4.78 is 6.13. The fourth-order valence-corrected chi connectivity index (χ4v) is 1.58. The van der Waals surface area contributed by atoms with Gasteiger partial charge in [-0.15, -0.1) is 0 Å². The average Bonchev–Trinajstić information content (AvgIpc) is 2.24. The molecule has 0 aliphatic heterocycles. The quantitative estimate of drug-likeness (QED) is 0.682. The molecule has 0 bridgehead atoms. The van der Waals surface area contributed by atoms with Gasteiger partial charge in [-0.3, -0.25) is 0 Å². The molecule has 0 saturated carbocycles. The largest absolute Gasteiger partial charge is 0.456 e. The standard InChI is InChI=1S/C13H18BrNO2/c1-13(2,3)15-8-9-17-12(16)10-4-6-11(14)7-5-10/h4-7,15H,8-9H2,1-3H3/p+1. The number of nitrogens with two attached hydrogens (primary N) is 1. The van der Waals surface area contributed by atoms with Crippen LogP contribution in [0.25, 0.3) is 0 Å². The van der Waals surface area contributed by atoms with Crippen LogP contribution >= 0.6 is 15.9 Å². The average molecular weight is 301 g/mol. The molecule has 4 heteroatoms. The van der Waals surface area contributed by atoms with Gasteiger partial charge >= 0.3 is 5.97 Å². The van der Waals surface area contributed by atoms with Crippen molar-refractivity contribution in [2.75, 3.05) is 13.2 Å². The lowest BCUT2D eigenvalue weighted by Crippen LogP contribution is -2.95. The molecule has 0 fully saturated rings. The lowest BCUT2D eigenvalue weighted by atomic mass is 10.1. The summed E-state index contributed by atoms with van der Waals surface area (Å²) in [6, 6.07) is 7.16. The fourth-order valence-electron chi connectivity index (χ4n) is 1.31. The zero-order valence-corrected chi connectivity index (χ0v) is 12.1. The molecule has 0 radical (unpaired) electrons. The number of esters is 1. The summed E-state index contributed by atoms with van der Waals surface area (Å²) in [6.07, 6.45) is 0. The Morgan fingerprint density at radius 1 is 1.29 bits per heavy atom. The summed E-state index contributed by atoms with van der Waals surface area (Å²) in [4.78, 5) is 11.6. The molecule has 0 aromatic heterocycles. The molecular weight excluding hydrogens is 282 g/mol. The van der Waals surface area contributed by atoms with E-state index >= 15 is 0 Å². The van der Waals surface area contributed by atoms with Crippen LogP contribution in [0.3, 0.4) is 0 Å². The summed E-state index contributed by atoms with van der Waals surface area (Å²) in [5.74, 6) is -0.264. The molecule has 0 aliphatic carbocycles. The van der Waals surface area contributed by atoms with Gasteiger partial charge in [-0.2, -0.15) is 0 Å². The van der Waals surface area contributed by atoms with E-state index in [2.05, 4.69) is 42.0 Å². The van der Waals surface area contributed by atoms with Crippen molar-refractivity contribution in [3.05, 3.63) is 34.3 Å². The predicted molar refractivity (Wildman–Crippen MR) is 71.0 cm³/mol. The van der Waals surface area contributed by atoms with Crippen molar-refractivity contribution in [3.8, 4) is 0 Å². The van der Waals surface area contributed by atoms with Gasteiger partial charge in [0.2, 0.25) is 0 Å². The third-order valence-corrected chi connectivity index (χ3v) is 2.72. The monoisotopic (exact) mass is 300 g/mol. The number of halogens is 1. The molecule has 17 heavy (non-hydrogen) atoms. The number of quaternary nitrogens is 1. The minimum atomic E-state index is -0.264. The first-order valence-corrected chi connectivity index (χ1v) is 6.45. The van der Waals surface area contributed by atoms with Crippen LogP contribution in [0.4, 0.5) is 0 Å². The summed E-state index contributed by atoms with van der Waals surface area (Å²) in [6.45, 7) is 7.61. The number of benzene rings is 1. The van der Waals surface area contributed by atoms with E-state index in [1.165, 1.54) is 0 Å². The van der Waals surface area contributed by atoms with Gasteiger partial charge in [-0.1, -0.05) is 15.9 Å². The normalized spacial score (nSPS) is 11.3. The smallest absolute Gasteiger partial charge is 0.338 e. The van der Waals surface area contributed by atoms with Gasteiger partial charge in [-0.25, -0.2) is 4.79 Å². The SMILES string of the molecule is CC(C)(C)[NH2+]CCOC(=O)c1ccc(Br)cc1. The van der Waals surface area contributed by atoms with Gasteiger partial charge in [-0.05, 0) is 45.0 Å². The Labute approximate surface area is 111 Å². The highest BCUT2D eigenvalue weighted by Gasteiger charge is 2.13. The maximum absolute atomic E-state index is 11.6. The first kappa shape index (κ1) is 14.2. The van der Waals surface area contributed by atoms with Crippen LogP contribution in [0.15, 0.2) is 28.7 Å². The third kappa shape index (κ3) is 5.84. The summed E-state index contributed by atoms with van der Waals surface area (Å²) >= 11 is 3.32. The van der Waals surface area contributed by atoms with Crippen LogP contribution in [0.5, 0.6) is 0 Å². The first-order chi connectivity index (χ1) is 7.88. The highest BCUT2D eigenvalue weighted by molar-refractivity contribution is 9.10. The Morgan fingerprint density at radius 2 is 1.88 bits per heavy atom. The van der Waals surface area contributed by atoms with Crippen molar-refractivity contribution in [1.29, 1.82) is 0 Å². The Kier molecular flexibility index (Phi) is 5.15. The molecule has 94 valence electrons. The van der Waals surface area contributed by atoms with E-state index in [-0.39, 0.29) is 11.5 Å². The Bertz CT molecular complexity index is 368. The number of hydrogen-bond donors (Lipinski definition) is 1. The van der Waals surface area contributed by atoms with Gasteiger partial charge in [0.25, 0.3) is 0 Å². The molecule has 1 aromatic rings. The second kappa shape index (κ2) is 6.17. The minimum Gasteiger partial charge on any atom is -0.456 e. The van der Waals surface area contributed by atoms with E-state index in [4.69, 9.17) is 4.74 Å². The molecule has 0 heterocycles. The highest BCUT2D eigenvalue weighted by atomic mass is 79.9. The van der Waals surface area contributed by atoms with Crippen molar-refractivity contribution in [3.63, 3.8) is 0 Å². The summed E-state index contributed by atoms with van der Waals surface area (Å²) in [5, 5.41) is 2.15. The van der Waals surface area contributed by atoms with Crippen molar-refractivity contribution >= 4 is 21.9 Å². The zero-order valence-electron chi connectivity index (χ0n) is 10.5. The molecule has 1 aromatic carbocycles. The van der Waals surface area contributed by atoms with Crippen molar-refractivity contribution in [2.45, 2.75) is 26.3 Å². The van der Waals surface area contributed by atoms with Crippen molar-refractivity contribution in [1.82, 2.24) is 0 Å². The van der Waals surface area contributed by atoms with E-state index in [1.54, 1.807) is 12.1 Å². The van der Waals surface area contributed by atoms with Gasteiger partial charge in [0.05, 0.1) is 11.1 Å². The van der Waals surface area contributed by atoms with Crippen LogP contribution in [-0.4, -0.2) is 24.7 Å². The predicted octanol–water partition coefficient (Wildman–Crippen LogP) is 1.97. The topological polar surface area (TPSA) is 42.9 Å². The maximum atomic E-state index is 11.6. The van der Waals surface area contributed by atoms with Crippen molar-refractivity contribution < 1.29 is 14.8 Å². The molecule has 0 amide bonds. The molecule has 0 unspecified atom stereocenters. The Morgan fingerprint density at radius 3 is 2.41 bits per heavy atom. The van der Waals surface area contributed by atoms with Crippen LogP contribution in [0.1, 0.15) is 31.1 Å².